The van der Waals surface area contributed by atoms with E-state index in [9.17, 15) is 14.4 Å². The Kier molecular flexibility index (Phi) is 5.94. The highest BCUT2D eigenvalue weighted by Crippen LogP contribution is 2.38. The van der Waals surface area contributed by atoms with Gasteiger partial charge in [-0.25, -0.2) is 9.89 Å². The Balaban J connectivity index is 1.67. The van der Waals surface area contributed by atoms with E-state index in [1.54, 1.807) is 4.90 Å². The highest BCUT2D eigenvalue weighted by atomic mass is 16.2. The molecule has 1 unspecified atom stereocenters. The maximum absolute atomic E-state index is 13.4. The minimum Gasteiger partial charge on any atom is -0.353 e. The maximum Gasteiger partial charge on any atom is 0.341 e. The van der Waals surface area contributed by atoms with E-state index in [1.165, 1.54) is 0 Å². The molecule has 32 heavy (non-hydrogen) atoms. The molecule has 0 aliphatic carbocycles. The second kappa shape index (κ2) is 8.82. The normalized spacial score (nSPS) is 18.2. The number of H-pyrrole nitrogens is 2. The van der Waals surface area contributed by atoms with Crippen LogP contribution in [0.5, 0.6) is 0 Å². The highest BCUT2D eigenvalue weighted by molar-refractivity contribution is 5.92. The Bertz CT molecular complexity index is 1170. The zero-order chi connectivity index (χ0) is 22.7. The summed E-state index contributed by atoms with van der Waals surface area (Å²) in [5, 5.41) is 9.03. The van der Waals surface area contributed by atoms with E-state index in [-0.39, 0.29) is 30.2 Å². The number of benzene rings is 2. The Morgan fingerprint density at radius 3 is 2.53 bits per heavy atom. The van der Waals surface area contributed by atoms with Crippen molar-refractivity contribution in [2.75, 3.05) is 13.1 Å². The van der Waals surface area contributed by atoms with Crippen LogP contribution >= 0.6 is 0 Å². The van der Waals surface area contributed by atoms with Crippen LogP contribution in [0.2, 0.25) is 0 Å². The van der Waals surface area contributed by atoms with E-state index >= 15 is 0 Å². The Hall–Kier alpha value is -3.68. The SMILES string of the molecule is CC(C)NC(=O)C1(Cc2ccccc2-c2ccccc2)CCN(C(=O)c2n[nH]c(=O)[nH]2)C1. The molecular weight excluding hydrogens is 406 g/mol. The number of aromatic amines is 2. The summed E-state index contributed by atoms with van der Waals surface area (Å²) >= 11 is 0. The topological polar surface area (TPSA) is 111 Å². The Labute approximate surface area is 186 Å². The van der Waals surface area contributed by atoms with Gasteiger partial charge in [-0.15, -0.1) is 5.10 Å². The van der Waals surface area contributed by atoms with E-state index in [1.807, 2.05) is 50.2 Å². The van der Waals surface area contributed by atoms with E-state index in [2.05, 4.69) is 38.7 Å². The molecule has 1 saturated heterocycles. The molecule has 0 saturated carbocycles. The van der Waals surface area contributed by atoms with Crippen LogP contribution in [0.15, 0.2) is 59.4 Å². The van der Waals surface area contributed by atoms with Crippen LogP contribution in [-0.4, -0.2) is 51.0 Å². The molecule has 1 aliphatic heterocycles. The van der Waals surface area contributed by atoms with Crippen LogP contribution in [0.4, 0.5) is 0 Å². The number of carbonyl (C=O) groups is 2. The molecule has 3 aromatic rings. The number of hydrogen-bond acceptors (Lipinski definition) is 4. The molecule has 1 atom stereocenters. The summed E-state index contributed by atoms with van der Waals surface area (Å²) in [6.07, 6.45) is 1.02. The molecule has 1 aliphatic rings. The quantitative estimate of drug-likeness (QED) is 0.554. The van der Waals surface area contributed by atoms with Crippen molar-refractivity contribution in [3.05, 3.63) is 76.5 Å². The number of likely N-dealkylation sites (tertiary alicyclic amines) is 1. The molecule has 166 valence electrons. The van der Waals surface area contributed by atoms with Crippen molar-refractivity contribution in [1.82, 2.24) is 25.4 Å². The second-order valence-electron chi connectivity index (χ2n) is 8.61. The minimum atomic E-state index is -0.776. The number of aromatic nitrogens is 3. The first-order valence-corrected chi connectivity index (χ1v) is 10.8. The van der Waals surface area contributed by atoms with Crippen LogP contribution in [0.1, 0.15) is 36.5 Å². The molecule has 4 rings (SSSR count). The van der Waals surface area contributed by atoms with Gasteiger partial charge < -0.3 is 10.2 Å². The van der Waals surface area contributed by atoms with Crippen molar-refractivity contribution < 1.29 is 9.59 Å². The summed E-state index contributed by atoms with van der Waals surface area (Å²) in [5.74, 6) is -0.500. The Morgan fingerprint density at radius 1 is 1.12 bits per heavy atom. The molecule has 0 bridgehead atoms. The average Bonchev–Trinajstić information content (AvgIpc) is 3.41. The molecule has 3 N–H and O–H groups in total. The molecule has 1 aromatic heterocycles. The summed E-state index contributed by atoms with van der Waals surface area (Å²) < 4.78 is 0. The third-order valence-electron chi connectivity index (χ3n) is 5.88. The molecule has 1 fully saturated rings. The highest BCUT2D eigenvalue weighted by Gasteiger charge is 2.47. The van der Waals surface area contributed by atoms with Crippen molar-refractivity contribution in [2.24, 2.45) is 5.41 Å². The summed E-state index contributed by atoms with van der Waals surface area (Å²) in [7, 11) is 0. The lowest BCUT2D eigenvalue weighted by Gasteiger charge is -2.30. The lowest BCUT2D eigenvalue weighted by atomic mass is 9.78. The van der Waals surface area contributed by atoms with E-state index < -0.39 is 11.1 Å². The lowest BCUT2D eigenvalue weighted by Crippen LogP contribution is -2.47. The number of nitrogens with zero attached hydrogens (tertiary/aromatic N) is 2. The van der Waals surface area contributed by atoms with Crippen LogP contribution < -0.4 is 11.0 Å². The maximum atomic E-state index is 13.4. The van der Waals surface area contributed by atoms with Crippen LogP contribution in [0.25, 0.3) is 11.1 Å². The van der Waals surface area contributed by atoms with Gasteiger partial charge in [0.25, 0.3) is 5.91 Å². The zero-order valence-corrected chi connectivity index (χ0v) is 18.2. The van der Waals surface area contributed by atoms with Gasteiger partial charge in [0.15, 0.2) is 0 Å². The fourth-order valence-electron chi connectivity index (χ4n) is 4.33. The van der Waals surface area contributed by atoms with Crippen molar-refractivity contribution in [3.8, 4) is 11.1 Å². The van der Waals surface area contributed by atoms with Gasteiger partial charge in [-0.1, -0.05) is 54.6 Å². The standard InChI is InChI=1S/C24H27N5O3/c1-16(2)25-22(31)24(12-13-29(15-24)21(30)20-26-23(32)28-27-20)14-18-10-6-7-11-19(18)17-8-4-3-5-9-17/h3-11,16H,12-15H2,1-2H3,(H,25,31)(H2,26,27,28,32). The summed E-state index contributed by atoms with van der Waals surface area (Å²) in [4.78, 5) is 41.7. The summed E-state index contributed by atoms with van der Waals surface area (Å²) in [6, 6.07) is 18.1. The van der Waals surface area contributed by atoms with Crippen molar-refractivity contribution in [3.63, 3.8) is 0 Å². The number of carbonyl (C=O) groups excluding carboxylic acids is 2. The fraction of sp³-hybridized carbons (Fsp3) is 0.333. The first kappa shape index (κ1) is 21.5. The van der Waals surface area contributed by atoms with E-state index in [4.69, 9.17) is 0 Å². The molecule has 0 spiro atoms. The van der Waals surface area contributed by atoms with Gasteiger partial charge in [-0.2, -0.15) is 0 Å². The molecule has 8 heteroatoms. The zero-order valence-electron chi connectivity index (χ0n) is 18.2. The number of amides is 2. The molecule has 2 heterocycles. The summed E-state index contributed by atoms with van der Waals surface area (Å²) in [5.41, 5.74) is 1.91. The molecule has 2 aromatic carbocycles. The van der Waals surface area contributed by atoms with Gasteiger partial charge in [0, 0.05) is 19.1 Å². The predicted molar refractivity (Wildman–Crippen MR) is 121 cm³/mol. The van der Waals surface area contributed by atoms with Gasteiger partial charge >= 0.3 is 5.69 Å². The van der Waals surface area contributed by atoms with E-state index in [0.29, 0.717) is 19.4 Å². The Morgan fingerprint density at radius 2 is 1.84 bits per heavy atom. The monoisotopic (exact) mass is 433 g/mol. The first-order valence-electron chi connectivity index (χ1n) is 10.8. The first-order chi connectivity index (χ1) is 15.4. The van der Waals surface area contributed by atoms with Crippen LogP contribution in [0.3, 0.4) is 0 Å². The molecular formula is C24H27N5O3. The smallest absolute Gasteiger partial charge is 0.341 e. The number of hydrogen-bond donors (Lipinski definition) is 3. The van der Waals surface area contributed by atoms with Gasteiger partial charge in [0.05, 0.1) is 5.41 Å². The van der Waals surface area contributed by atoms with Crippen LogP contribution in [0, 0.1) is 5.41 Å². The fourth-order valence-corrected chi connectivity index (χ4v) is 4.33. The van der Waals surface area contributed by atoms with Gasteiger partial charge in [0.2, 0.25) is 11.7 Å². The third-order valence-corrected chi connectivity index (χ3v) is 5.88. The van der Waals surface area contributed by atoms with Gasteiger partial charge in [-0.05, 0) is 43.4 Å². The van der Waals surface area contributed by atoms with Crippen LogP contribution in [-0.2, 0) is 11.2 Å². The average molecular weight is 434 g/mol. The predicted octanol–water partition coefficient (Wildman–Crippen LogP) is 2.36. The van der Waals surface area contributed by atoms with E-state index in [0.717, 1.165) is 16.7 Å². The molecule has 8 nitrogen and oxygen atoms in total. The van der Waals surface area contributed by atoms with Crippen molar-refractivity contribution in [1.29, 1.82) is 0 Å². The molecule has 2 amide bonds. The second-order valence-corrected chi connectivity index (χ2v) is 8.61. The lowest BCUT2D eigenvalue weighted by molar-refractivity contribution is -0.130. The largest absolute Gasteiger partial charge is 0.353 e. The van der Waals surface area contributed by atoms with Crippen molar-refractivity contribution in [2.45, 2.75) is 32.7 Å². The summed E-state index contributed by atoms with van der Waals surface area (Å²) in [6.45, 7) is 4.51. The minimum absolute atomic E-state index is 0.0174. The molecule has 0 radical (unpaired) electrons. The number of rotatable bonds is 6. The van der Waals surface area contributed by atoms with Crippen molar-refractivity contribution >= 4 is 11.8 Å². The van der Waals surface area contributed by atoms with Gasteiger partial charge in [-0.3, -0.25) is 14.6 Å². The third kappa shape index (κ3) is 4.34. The van der Waals surface area contributed by atoms with Gasteiger partial charge in [0.1, 0.15) is 0 Å². The number of nitrogens with one attached hydrogen (secondary N) is 3.